The molecule has 0 amide bonds. The van der Waals surface area contributed by atoms with Gasteiger partial charge in [-0.3, -0.25) is 4.79 Å². The quantitative estimate of drug-likeness (QED) is 0.799. The van der Waals surface area contributed by atoms with Crippen molar-refractivity contribution in [2.45, 2.75) is 6.92 Å². The van der Waals surface area contributed by atoms with Gasteiger partial charge < -0.3 is 10.0 Å². The van der Waals surface area contributed by atoms with E-state index in [0.29, 0.717) is 12.2 Å². The molecule has 0 spiro atoms. The van der Waals surface area contributed by atoms with E-state index < -0.39 is 5.97 Å². The van der Waals surface area contributed by atoms with Gasteiger partial charge in [0, 0.05) is 12.2 Å². The van der Waals surface area contributed by atoms with Crippen LogP contribution in [0.2, 0.25) is 0 Å². The number of anilines is 1. The molecule has 4 heteroatoms. The Bertz CT molecular complexity index is 328. The first kappa shape index (κ1) is 10.5. The molecule has 1 aromatic carbocycles. The van der Waals surface area contributed by atoms with Crippen LogP contribution in [0, 0.1) is 5.82 Å². The van der Waals surface area contributed by atoms with E-state index >= 15 is 0 Å². The summed E-state index contributed by atoms with van der Waals surface area (Å²) in [6.07, 6.45) is 0. The van der Waals surface area contributed by atoms with Crippen molar-refractivity contribution in [3.05, 3.63) is 30.1 Å². The van der Waals surface area contributed by atoms with Gasteiger partial charge in [-0.15, -0.1) is 0 Å². The highest BCUT2D eigenvalue weighted by Crippen LogP contribution is 2.14. The van der Waals surface area contributed by atoms with Gasteiger partial charge >= 0.3 is 5.97 Å². The predicted octanol–water partition coefficient (Wildman–Crippen LogP) is 1.74. The standard InChI is InChI=1S/C10H12FNO2/c1-2-12(7-10(13)14)9-5-3-4-8(11)6-9/h3-6H,2,7H2,1H3,(H,13,14). The third-order valence-corrected chi connectivity index (χ3v) is 1.88. The summed E-state index contributed by atoms with van der Waals surface area (Å²) in [7, 11) is 0. The Labute approximate surface area is 81.8 Å². The van der Waals surface area contributed by atoms with Crippen LogP contribution in [-0.4, -0.2) is 24.2 Å². The monoisotopic (exact) mass is 197 g/mol. The van der Waals surface area contributed by atoms with Crippen molar-refractivity contribution >= 4 is 11.7 Å². The Morgan fingerprint density at radius 1 is 1.57 bits per heavy atom. The van der Waals surface area contributed by atoms with Crippen molar-refractivity contribution in [1.29, 1.82) is 0 Å². The van der Waals surface area contributed by atoms with Crippen LogP contribution in [0.25, 0.3) is 0 Å². The summed E-state index contributed by atoms with van der Waals surface area (Å²) in [6.45, 7) is 2.25. The van der Waals surface area contributed by atoms with Crippen LogP contribution in [0.4, 0.5) is 10.1 Å². The van der Waals surface area contributed by atoms with Gasteiger partial charge in [-0.05, 0) is 25.1 Å². The van der Waals surface area contributed by atoms with E-state index in [1.807, 2.05) is 6.92 Å². The van der Waals surface area contributed by atoms with Crippen molar-refractivity contribution in [1.82, 2.24) is 0 Å². The first-order valence-corrected chi connectivity index (χ1v) is 4.35. The Hall–Kier alpha value is -1.58. The van der Waals surface area contributed by atoms with Gasteiger partial charge in [0.1, 0.15) is 12.4 Å². The molecule has 0 aliphatic heterocycles. The number of likely N-dealkylation sites (N-methyl/N-ethyl adjacent to an activating group) is 1. The maximum Gasteiger partial charge on any atom is 0.323 e. The molecule has 0 aliphatic carbocycles. The minimum atomic E-state index is -0.920. The summed E-state index contributed by atoms with van der Waals surface area (Å²) in [6, 6.07) is 5.91. The zero-order valence-electron chi connectivity index (χ0n) is 7.90. The Morgan fingerprint density at radius 3 is 2.79 bits per heavy atom. The second-order valence-electron chi connectivity index (χ2n) is 2.89. The number of aliphatic carboxylic acids is 1. The number of carboxylic acid groups (broad SMARTS) is 1. The summed E-state index contributed by atoms with van der Waals surface area (Å²) in [5.74, 6) is -1.28. The average Bonchev–Trinajstić information content (AvgIpc) is 2.14. The minimum absolute atomic E-state index is 0.111. The third-order valence-electron chi connectivity index (χ3n) is 1.88. The van der Waals surface area contributed by atoms with Gasteiger partial charge in [0.25, 0.3) is 0 Å². The molecule has 76 valence electrons. The summed E-state index contributed by atoms with van der Waals surface area (Å²) in [4.78, 5) is 12.1. The molecule has 3 nitrogen and oxygen atoms in total. The van der Waals surface area contributed by atoms with Crippen LogP contribution in [0.1, 0.15) is 6.92 Å². The summed E-state index contributed by atoms with van der Waals surface area (Å²) >= 11 is 0. The number of nitrogens with zero attached hydrogens (tertiary/aromatic N) is 1. The Balaban J connectivity index is 2.83. The maximum atomic E-state index is 12.8. The lowest BCUT2D eigenvalue weighted by Crippen LogP contribution is -2.29. The number of benzene rings is 1. The van der Waals surface area contributed by atoms with E-state index in [1.165, 1.54) is 12.1 Å². The van der Waals surface area contributed by atoms with Crippen molar-refractivity contribution in [3.8, 4) is 0 Å². The largest absolute Gasteiger partial charge is 0.480 e. The fraction of sp³-hybridized carbons (Fsp3) is 0.300. The first-order chi connectivity index (χ1) is 6.63. The molecule has 0 fully saturated rings. The van der Waals surface area contributed by atoms with Gasteiger partial charge in [0.2, 0.25) is 0 Å². The van der Waals surface area contributed by atoms with Crippen molar-refractivity contribution < 1.29 is 14.3 Å². The highest BCUT2D eigenvalue weighted by molar-refractivity contribution is 5.73. The fourth-order valence-corrected chi connectivity index (χ4v) is 1.22. The molecule has 1 N–H and O–H groups in total. The highest BCUT2D eigenvalue weighted by atomic mass is 19.1. The van der Waals surface area contributed by atoms with Gasteiger partial charge in [-0.2, -0.15) is 0 Å². The van der Waals surface area contributed by atoms with E-state index in [-0.39, 0.29) is 12.4 Å². The van der Waals surface area contributed by atoms with Crippen molar-refractivity contribution in [3.63, 3.8) is 0 Å². The summed E-state index contributed by atoms with van der Waals surface area (Å²) in [5, 5.41) is 8.61. The average molecular weight is 197 g/mol. The number of hydrogen-bond acceptors (Lipinski definition) is 2. The van der Waals surface area contributed by atoms with E-state index in [1.54, 1.807) is 17.0 Å². The van der Waals surface area contributed by atoms with Crippen LogP contribution in [-0.2, 0) is 4.79 Å². The van der Waals surface area contributed by atoms with Gasteiger partial charge in [-0.1, -0.05) is 6.07 Å². The molecule has 0 heterocycles. The number of carbonyl (C=O) groups is 1. The SMILES string of the molecule is CCN(CC(=O)O)c1cccc(F)c1. The van der Waals surface area contributed by atoms with E-state index in [0.717, 1.165) is 0 Å². The molecule has 14 heavy (non-hydrogen) atoms. The molecule has 0 bridgehead atoms. The Kier molecular flexibility index (Phi) is 3.45. The first-order valence-electron chi connectivity index (χ1n) is 4.35. The fourth-order valence-electron chi connectivity index (χ4n) is 1.22. The third kappa shape index (κ3) is 2.73. The molecule has 0 saturated heterocycles. The highest BCUT2D eigenvalue weighted by Gasteiger charge is 2.08. The van der Waals surface area contributed by atoms with Gasteiger partial charge in [-0.25, -0.2) is 4.39 Å². The molecular weight excluding hydrogens is 185 g/mol. The zero-order chi connectivity index (χ0) is 10.6. The zero-order valence-corrected chi connectivity index (χ0v) is 7.90. The van der Waals surface area contributed by atoms with Crippen LogP contribution in [0.15, 0.2) is 24.3 Å². The molecule has 0 saturated carbocycles. The van der Waals surface area contributed by atoms with Crippen LogP contribution in [0.5, 0.6) is 0 Å². The van der Waals surface area contributed by atoms with E-state index in [4.69, 9.17) is 5.11 Å². The lowest BCUT2D eigenvalue weighted by molar-refractivity contribution is -0.135. The minimum Gasteiger partial charge on any atom is -0.480 e. The molecule has 0 aliphatic rings. The summed E-state index contributed by atoms with van der Waals surface area (Å²) < 4.78 is 12.8. The van der Waals surface area contributed by atoms with Gasteiger partial charge in [0.15, 0.2) is 0 Å². The molecule has 1 aromatic rings. The molecular formula is C10H12FNO2. The molecule has 0 atom stereocenters. The van der Waals surface area contributed by atoms with E-state index in [9.17, 15) is 9.18 Å². The van der Waals surface area contributed by atoms with Crippen LogP contribution < -0.4 is 4.90 Å². The van der Waals surface area contributed by atoms with Crippen molar-refractivity contribution in [2.24, 2.45) is 0 Å². The molecule has 0 radical (unpaired) electrons. The second-order valence-corrected chi connectivity index (χ2v) is 2.89. The normalized spacial score (nSPS) is 9.86. The molecule has 0 aromatic heterocycles. The van der Waals surface area contributed by atoms with E-state index in [2.05, 4.69) is 0 Å². The molecule has 1 rings (SSSR count). The van der Waals surface area contributed by atoms with Crippen LogP contribution >= 0.6 is 0 Å². The number of hydrogen-bond donors (Lipinski definition) is 1. The smallest absolute Gasteiger partial charge is 0.323 e. The number of carboxylic acids is 1. The predicted molar refractivity (Wildman–Crippen MR) is 51.9 cm³/mol. The lowest BCUT2D eigenvalue weighted by Gasteiger charge is -2.20. The maximum absolute atomic E-state index is 12.8. The van der Waals surface area contributed by atoms with Crippen molar-refractivity contribution in [2.75, 3.05) is 18.0 Å². The number of rotatable bonds is 4. The topological polar surface area (TPSA) is 40.5 Å². The van der Waals surface area contributed by atoms with Crippen LogP contribution in [0.3, 0.4) is 0 Å². The lowest BCUT2D eigenvalue weighted by atomic mass is 10.3. The Morgan fingerprint density at radius 2 is 2.29 bits per heavy atom. The summed E-state index contributed by atoms with van der Waals surface area (Å²) in [5.41, 5.74) is 0.593. The second kappa shape index (κ2) is 4.60. The number of halogens is 1. The molecule has 0 unspecified atom stereocenters. The van der Waals surface area contributed by atoms with Gasteiger partial charge in [0.05, 0.1) is 0 Å².